The van der Waals surface area contributed by atoms with E-state index in [4.69, 9.17) is 11.6 Å². The molecule has 3 aromatic rings. The molecule has 2 aromatic heterocycles. The molecule has 3 nitrogen and oxygen atoms in total. The first-order chi connectivity index (χ1) is 8.83. The summed E-state index contributed by atoms with van der Waals surface area (Å²) in [4.78, 5) is 11.8. The lowest BCUT2D eigenvalue weighted by atomic mass is 10.2. The minimum absolute atomic E-state index is 0.497. The summed E-state index contributed by atoms with van der Waals surface area (Å²) in [7, 11) is 0. The molecule has 0 unspecified atom stereocenters. The molecule has 18 heavy (non-hydrogen) atoms. The summed E-state index contributed by atoms with van der Waals surface area (Å²) < 4.78 is 0. The van der Waals surface area contributed by atoms with Gasteiger partial charge in [0.1, 0.15) is 10.8 Å². The summed E-state index contributed by atoms with van der Waals surface area (Å²) in [5, 5.41) is 2.05. The highest BCUT2D eigenvalue weighted by Crippen LogP contribution is 2.25. The number of aromatic nitrogens is 3. The topological polar surface area (TPSA) is 41.6 Å². The molecule has 0 atom stereocenters. The molecule has 0 aliphatic rings. The molecule has 3 rings (SSSR count). The quantitative estimate of drug-likeness (QED) is 0.448. The highest BCUT2D eigenvalue weighted by molar-refractivity contribution is 7.98. The van der Waals surface area contributed by atoms with Crippen LogP contribution < -0.4 is 0 Å². The van der Waals surface area contributed by atoms with Crippen molar-refractivity contribution in [1.82, 2.24) is 15.0 Å². The van der Waals surface area contributed by atoms with Crippen molar-refractivity contribution in [2.24, 2.45) is 0 Å². The Morgan fingerprint density at radius 2 is 1.94 bits per heavy atom. The lowest BCUT2D eigenvalue weighted by Gasteiger charge is -2.01. The third kappa shape index (κ3) is 2.35. The number of hydrogen-bond donors (Lipinski definition) is 1. The molecule has 1 aromatic carbocycles. The number of aromatic amines is 1. The van der Waals surface area contributed by atoms with E-state index in [0.717, 1.165) is 16.8 Å². The van der Waals surface area contributed by atoms with Gasteiger partial charge in [-0.3, -0.25) is 0 Å². The van der Waals surface area contributed by atoms with E-state index in [1.807, 2.05) is 30.5 Å². The van der Waals surface area contributed by atoms with E-state index in [2.05, 4.69) is 27.1 Å². The van der Waals surface area contributed by atoms with Crippen molar-refractivity contribution < 1.29 is 0 Å². The van der Waals surface area contributed by atoms with Crippen molar-refractivity contribution in [3.8, 4) is 0 Å². The number of hydrogen-bond acceptors (Lipinski definition) is 3. The smallest absolute Gasteiger partial charge is 0.191 e. The van der Waals surface area contributed by atoms with Crippen LogP contribution in [-0.4, -0.2) is 15.0 Å². The first-order valence-corrected chi connectivity index (χ1v) is 6.86. The van der Waals surface area contributed by atoms with E-state index in [-0.39, 0.29) is 0 Å². The first kappa shape index (κ1) is 11.6. The molecule has 0 aliphatic heterocycles. The Hall–Kier alpha value is -1.52. The third-order valence-electron chi connectivity index (χ3n) is 2.56. The second kappa shape index (κ2) is 5.00. The van der Waals surface area contributed by atoms with Gasteiger partial charge < -0.3 is 4.98 Å². The highest BCUT2D eigenvalue weighted by atomic mass is 35.5. The van der Waals surface area contributed by atoms with Gasteiger partial charge in [0.25, 0.3) is 0 Å². The van der Waals surface area contributed by atoms with E-state index < -0.39 is 0 Å². The standard InChI is InChI=1S/C13H10ClN3S/c14-11-10-6-7-15-12(10)17-13(16-11)18-8-9-4-2-1-3-5-9/h1-7H,8H2,(H,15,16,17). The fraction of sp³-hybridized carbons (Fsp3) is 0.0769. The molecule has 0 spiro atoms. The van der Waals surface area contributed by atoms with Crippen LogP contribution in [0.3, 0.4) is 0 Å². The van der Waals surface area contributed by atoms with Crippen LogP contribution >= 0.6 is 23.4 Å². The largest absolute Gasteiger partial charge is 0.346 e. The maximum Gasteiger partial charge on any atom is 0.191 e. The predicted molar refractivity (Wildman–Crippen MR) is 74.9 cm³/mol. The van der Waals surface area contributed by atoms with Gasteiger partial charge in [-0.15, -0.1) is 0 Å². The van der Waals surface area contributed by atoms with Crippen LogP contribution in [-0.2, 0) is 5.75 Å². The normalized spacial score (nSPS) is 10.9. The molecule has 5 heteroatoms. The molecule has 0 aliphatic carbocycles. The summed E-state index contributed by atoms with van der Waals surface area (Å²) in [5.41, 5.74) is 2.03. The van der Waals surface area contributed by atoms with E-state index in [1.54, 1.807) is 11.8 Å². The Balaban J connectivity index is 1.82. The number of fused-ring (bicyclic) bond motifs is 1. The maximum atomic E-state index is 6.10. The second-order valence-corrected chi connectivity index (χ2v) is 5.11. The molecule has 0 saturated carbocycles. The fourth-order valence-electron chi connectivity index (χ4n) is 1.67. The number of benzene rings is 1. The zero-order valence-corrected chi connectivity index (χ0v) is 11.0. The molecule has 0 bridgehead atoms. The van der Waals surface area contributed by atoms with Crippen LogP contribution in [0.15, 0.2) is 47.8 Å². The van der Waals surface area contributed by atoms with Gasteiger partial charge in [-0.05, 0) is 11.6 Å². The second-order valence-electron chi connectivity index (χ2n) is 3.81. The van der Waals surface area contributed by atoms with Gasteiger partial charge in [0, 0.05) is 11.9 Å². The zero-order chi connectivity index (χ0) is 12.4. The summed E-state index contributed by atoms with van der Waals surface area (Å²) in [6, 6.07) is 12.1. The SMILES string of the molecule is Clc1nc(SCc2ccccc2)nc2[nH]ccc12. The lowest BCUT2D eigenvalue weighted by molar-refractivity contribution is 0.994. The minimum atomic E-state index is 0.497. The first-order valence-electron chi connectivity index (χ1n) is 5.50. The third-order valence-corrected chi connectivity index (χ3v) is 3.77. The van der Waals surface area contributed by atoms with Crippen LogP contribution in [0.4, 0.5) is 0 Å². The van der Waals surface area contributed by atoms with Crippen LogP contribution in [0.25, 0.3) is 11.0 Å². The number of thioether (sulfide) groups is 1. The number of nitrogens with zero attached hydrogens (tertiary/aromatic N) is 2. The van der Waals surface area contributed by atoms with Gasteiger partial charge in [0.2, 0.25) is 0 Å². The molecule has 0 radical (unpaired) electrons. The summed E-state index contributed by atoms with van der Waals surface area (Å²) in [6.07, 6.45) is 1.82. The molecule has 1 N–H and O–H groups in total. The van der Waals surface area contributed by atoms with Crippen molar-refractivity contribution in [1.29, 1.82) is 0 Å². The van der Waals surface area contributed by atoms with Crippen molar-refractivity contribution in [3.05, 3.63) is 53.3 Å². The number of rotatable bonds is 3. The van der Waals surface area contributed by atoms with Crippen LogP contribution in [0, 0.1) is 0 Å². The molecule has 0 saturated heterocycles. The Kier molecular flexibility index (Phi) is 3.21. The van der Waals surface area contributed by atoms with E-state index in [0.29, 0.717) is 10.3 Å². The predicted octanol–water partition coefficient (Wildman–Crippen LogP) is 3.90. The van der Waals surface area contributed by atoms with Gasteiger partial charge in [0.05, 0.1) is 5.39 Å². The van der Waals surface area contributed by atoms with Crippen LogP contribution in [0.5, 0.6) is 0 Å². The maximum absolute atomic E-state index is 6.10. The molecule has 90 valence electrons. The molecular weight excluding hydrogens is 266 g/mol. The van der Waals surface area contributed by atoms with Crippen molar-refractivity contribution in [2.45, 2.75) is 10.9 Å². The highest BCUT2D eigenvalue weighted by Gasteiger charge is 2.07. The molecular formula is C13H10ClN3S. The lowest BCUT2D eigenvalue weighted by Crippen LogP contribution is -1.89. The van der Waals surface area contributed by atoms with Gasteiger partial charge >= 0.3 is 0 Å². The Morgan fingerprint density at radius 3 is 2.78 bits per heavy atom. The average molecular weight is 276 g/mol. The monoisotopic (exact) mass is 275 g/mol. The Labute approximate surface area is 114 Å². The van der Waals surface area contributed by atoms with E-state index in [1.165, 1.54) is 5.56 Å². The fourth-order valence-corrected chi connectivity index (χ4v) is 2.75. The van der Waals surface area contributed by atoms with E-state index >= 15 is 0 Å². The van der Waals surface area contributed by atoms with Crippen LogP contribution in [0.1, 0.15) is 5.56 Å². The summed E-state index contributed by atoms with van der Waals surface area (Å²) in [6.45, 7) is 0. The van der Waals surface area contributed by atoms with Crippen LogP contribution in [0.2, 0.25) is 5.15 Å². The van der Waals surface area contributed by atoms with Gasteiger partial charge in [0.15, 0.2) is 5.16 Å². The zero-order valence-electron chi connectivity index (χ0n) is 9.43. The number of nitrogens with one attached hydrogen (secondary N) is 1. The van der Waals surface area contributed by atoms with Gasteiger partial charge in [-0.1, -0.05) is 53.7 Å². The number of halogens is 1. The Bertz CT molecular complexity index is 666. The number of H-pyrrole nitrogens is 1. The molecule has 0 amide bonds. The van der Waals surface area contributed by atoms with Gasteiger partial charge in [-0.25, -0.2) is 9.97 Å². The minimum Gasteiger partial charge on any atom is -0.346 e. The van der Waals surface area contributed by atoms with Crippen molar-refractivity contribution >= 4 is 34.4 Å². The average Bonchev–Trinajstić information content (AvgIpc) is 2.86. The Morgan fingerprint density at radius 1 is 1.11 bits per heavy atom. The van der Waals surface area contributed by atoms with Crippen molar-refractivity contribution in [3.63, 3.8) is 0 Å². The van der Waals surface area contributed by atoms with Gasteiger partial charge in [-0.2, -0.15) is 0 Å². The summed E-state index contributed by atoms with van der Waals surface area (Å²) >= 11 is 7.68. The van der Waals surface area contributed by atoms with E-state index in [9.17, 15) is 0 Å². The molecule has 0 fully saturated rings. The molecule has 2 heterocycles. The van der Waals surface area contributed by atoms with Crippen molar-refractivity contribution in [2.75, 3.05) is 0 Å². The summed E-state index contributed by atoms with van der Waals surface area (Å²) in [5.74, 6) is 0.837.